The number of rotatable bonds is 7. The van der Waals surface area contributed by atoms with Gasteiger partial charge in [-0.1, -0.05) is 43.5 Å². The van der Waals surface area contributed by atoms with Crippen LogP contribution in [-0.4, -0.2) is 63.4 Å². The molecule has 0 amide bonds. The van der Waals surface area contributed by atoms with Crippen molar-refractivity contribution in [1.82, 2.24) is 0 Å². The Labute approximate surface area is 220 Å². The van der Waals surface area contributed by atoms with Gasteiger partial charge in [-0.25, -0.2) is 0 Å². The van der Waals surface area contributed by atoms with Crippen LogP contribution in [0.15, 0.2) is 47.6 Å². The maximum atomic E-state index is 9.55. The van der Waals surface area contributed by atoms with Crippen molar-refractivity contribution in [3.63, 3.8) is 0 Å². The van der Waals surface area contributed by atoms with Crippen LogP contribution in [0.3, 0.4) is 0 Å². The summed E-state index contributed by atoms with van der Waals surface area (Å²) < 4.78 is 12.8. The first kappa shape index (κ1) is 25.4. The lowest BCUT2D eigenvalue weighted by Crippen LogP contribution is -2.64. The predicted octanol–water partition coefficient (Wildman–Crippen LogP) is 5.14. The topological polar surface area (TPSA) is 67.1 Å². The number of hydrogen-bond acceptors (Lipinski definition) is 6. The quantitative estimate of drug-likeness (QED) is 0.227. The fraction of sp³-hybridized carbons (Fsp3) is 0.533. The van der Waals surface area contributed by atoms with Crippen LogP contribution in [0.1, 0.15) is 49.7 Å². The molecule has 5 rings (SSSR count). The molecule has 0 N–H and O–H groups in total. The third-order valence-corrected chi connectivity index (χ3v) is 8.29. The molecule has 0 aromatic heterocycles. The molecule has 0 radical (unpaired) electrons. The molecule has 37 heavy (non-hydrogen) atoms. The molecule has 1 aliphatic carbocycles. The molecule has 2 aromatic rings. The van der Waals surface area contributed by atoms with Gasteiger partial charge in [-0.05, 0) is 48.2 Å². The van der Waals surface area contributed by atoms with E-state index >= 15 is 0 Å². The number of fused-ring (bicyclic) bond motifs is 1. The van der Waals surface area contributed by atoms with Crippen molar-refractivity contribution in [2.45, 2.75) is 44.9 Å². The van der Waals surface area contributed by atoms with Gasteiger partial charge in [0.25, 0.3) is 0 Å². The minimum Gasteiger partial charge on any atom is -0.486 e. The third kappa shape index (κ3) is 5.55. The average molecular weight is 504 g/mol. The molecular formula is C30H39N4O3+. The van der Waals surface area contributed by atoms with Gasteiger partial charge in [-0.15, -0.1) is 0 Å². The molecule has 0 bridgehead atoms. The highest BCUT2D eigenvalue weighted by Crippen LogP contribution is 2.40. The number of piperazine rings is 1. The standard InChI is InChI=1S/C30H39N4O3/c1-35-32-30(25-10-3-2-4-11-25)34(18-8-13-24-9-5-6-12-26(24)23-31)19-16-33(17-20-34)27-14-7-15-28-29(27)37-22-21-36-28/h5-7,9,12,14-15,25H,2-4,8,10-11,13,16-22H2,1H3/q+1. The van der Waals surface area contributed by atoms with Crippen LogP contribution in [-0.2, 0) is 11.3 Å². The maximum absolute atomic E-state index is 9.55. The molecule has 196 valence electrons. The van der Waals surface area contributed by atoms with Crippen LogP contribution in [0.2, 0.25) is 0 Å². The minimum atomic E-state index is 0.480. The van der Waals surface area contributed by atoms with Gasteiger partial charge < -0.3 is 19.2 Å². The van der Waals surface area contributed by atoms with Crippen LogP contribution < -0.4 is 14.4 Å². The summed E-state index contributed by atoms with van der Waals surface area (Å²) in [6.07, 6.45) is 8.14. The lowest BCUT2D eigenvalue weighted by molar-refractivity contribution is -0.846. The van der Waals surface area contributed by atoms with Gasteiger partial charge in [0.15, 0.2) is 11.5 Å². The fourth-order valence-electron chi connectivity index (χ4n) is 6.39. The summed E-state index contributed by atoms with van der Waals surface area (Å²) in [5, 5.41) is 14.3. The van der Waals surface area contributed by atoms with Crippen LogP contribution in [0, 0.1) is 17.2 Å². The molecule has 1 saturated heterocycles. The van der Waals surface area contributed by atoms with Crippen LogP contribution in [0.25, 0.3) is 0 Å². The molecule has 0 unspecified atom stereocenters. The number of oxime groups is 1. The number of ether oxygens (including phenoxy) is 2. The number of amidine groups is 1. The highest BCUT2D eigenvalue weighted by molar-refractivity contribution is 5.78. The van der Waals surface area contributed by atoms with Crippen molar-refractivity contribution in [3.8, 4) is 17.6 Å². The Hall–Kier alpha value is -3.24. The van der Waals surface area contributed by atoms with E-state index in [-0.39, 0.29) is 0 Å². The maximum Gasteiger partial charge on any atom is 0.241 e. The number of quaternary nitrogens is 1. The lowest BCUT2D eigenvalue weighted by Gasteiger charge is -2.47. The Morgan fingerprint density at radius 3 is 2.62 bits per heavy atom. The second-order valence-corrected chi connectivity index (χ2v) is 10.4. The highest BCUT2D eigenvalue weighted by atomic mass is 16.6. The van der Waals surface area contributed by atoms with Crippen LogP contribution in [0.5, 0.6) is 11.5 Å². The van der Waals surface area contributed by atoms with E-state index < -0.39 is 0 Å². The zero-order valence-electron chi connectivity index (χ0n) is 22.0. The minimum absolute atomic E-state index is 0.480. The van der Waals surface area contributed by atoms with Crippen molar-refractivity contribution in [2.24, 2.45) is 11.1 Å². The normalized spacial score (nSPS) is 19.8. The second kappa shape index (κ2) is 11.9. The van der Waals surface area contributed by atoms with E-state index in [0.717, 1.165) is 78.4 Å². The van der Waals surface area contributed by atoms with Gasteiger partial charge in [0.1, 0.15) is 33.4 Å². The van der Waals surface area contributed by atoms with E-state index in [9.17, 15) is 5.26 Å². The Bertz CT molecular complexity index is 1130. The summed E-state index contributed by atoms with van der Waals surface area (Å²) in [4.78, 5) is 7.95. The molecule has 1 saturated carbocycles. The van der Waals surface area contributed by atoms with Crippen molar-refractivity contribution in [3.05, 3.63) is 53.6 Å². The molecule has 7 heteroatoms. The number of nitrogens with zero attached hydrogens (tertiary/aromatic N) is 4. The smallest absolute Gasteiger partial charge is 0.241 e. The van der Waals surface area contributed by atoms with Crippen molar-refractivity contribution >= 4 is 11.5 Å². The van der Waals surface area contributed by atoms with Gasteiger partial charge >= 0.3 is 0 Å². The SMILES string of the molecule is CON=C(C1CCCCC1)[N+]1(CCCc2ccccc2C#N)CCN(c2cccc3c2OCCO3)CC1. The summed E-state index contributed by atoms with van der Waals surface area (Å²) in [7, 11) is 1.69. The zero-order chi connectivity index (χ0) is 25.5. The summed E-state index contributed by atoms with van der Waals surface area (Å²) in [6, 6.07) is 16.6. The Morgan fingerprint density at radius 2 is 1.84 bits per heavy atom. The summed E-state index contributed by atoms with van der Waals surface area (Å²) in [5.74, 6) is 3.42. The first-order valence-corrected chi connectivity index (χ1v) is 13.8. The van der Waals surface area contributed by atoms with Gasteiger partial charge in [-0.2, -0.15) is 5.26 Å². The Kier molecular flexibility index (Phi) is 8.15. The molecule has 0 spiro atoms. The van der Waals surface area contributed by atoms with Crippen molar-refractivity contribution in [1.29, 1.82) is 5.26 Å². The number of benzene rings is 2. The third-order valence-electron chi connectivity index (χ3n) is 8.29. The van der Waals surface area contributed by atoms with Crippen LogP contribution >= 0.6 is 0 Å². The van der Waals surface area contributed by atoms with Gasteiger partial charge in [0.05, 0.1) is 42.9 Å². The molecule has 2 aliphatic heterocycles. The monoisotopic (exact) mass is 503 g/mol. The van der Waals surface area contributed by atoms with Gasteiger partial charge in [0.2, 0.25) is 5.84 Å². The first-order valence-electron chi connectivity index (χ1n) is 13.8. The van der Waals surface area contributed by atoms with E-state index in [1.807, 2.05) is 24.3 Å². The molecule has 2 fully saturated rings. The molecule has 2 heterocycles. The number of aryl methyl sites for hydroxylation is 1. The summed E-state index contributed by atoms with van der Waals surface area (Å²) >= 11 is 0. The van der Waals surface area contributed by atoms with E-state index in [0.29, 0.717) is 19.1 Å². The number of nitriles is 1. The zero-order valence-corrected chi connectivity index (χ0v) is 22.0. The largest absolute Gasteiger partial charge is 0.486 e. The second-order valence-electron chi connectivity index (χ2n) is 10.4. The van der Waals surface area contributed by atoms with Crippen molar-refractivity contribution in [2.75, 3.05) is 57.9 Å². The molecule has 2 aromatic carbocycles. The summed E-state index contributed by atoms with van der Waals surface area (Å²) in [5.41, 5.74) is 3.05. The Morgan fingerprint density at radius 1 is 1.05 bits per heavy atom. The highest BCUT2D eigenvalue weighted by Gasteiger charge is 2.43. The van der Waals surface area contributed by atoms with E-state index in [1.54, 1.807) is 7.11 Å². The van der Waals surface area contributed by atoms with E-state index in [2.05, 4.69) is 29.2 Å². The molecule has 7 nitrogen and oxygen atoms in total. The summed E-state index contributed by atoms with van der Waals surface area (Å²) in [6.45, 7) is 5.98. The number of anilines is 1. The number of hydrogen-bond donors (Lipinski definition) is 0. The van der Waals surface area contributed by atoms with Gasteiger partial charge in [0, 0.05) is 6.42 Å². The fourth-order valence-corrected chi connectivity index (χ4v) is 6.39. The average Bonchev–Trinajstić information content (AvgIpc) is 2.97. The van der Waals surface area contributed by atoms with Crippen molar-refractivity contribution < 1.29 is 18.8 Å². The Balaban J connectivity index is 1.37. The van der Waals surface area contributed by atoms with E-state index in [4.69, 9.17) is 19.5 Å². The predicted molar refractivity (Wildman–Crippen MR) is 145 cm³/mol. The van der Waals surface area contributed by atoms with Crippen LogP contribution in [0.4, 0.5) is 5.69 Å². The first-order chi connectivity index (χ1) is 18.2. The van der Waals surface area contributed by atoms with E-state index in [1.165, 1.54) is 37.9 Å². The lowest BCUT2D eigenvalue weighted by atomic mass is 9.86. The molecule has 0 atom stereocenters. The molecule has 3 aliphatic rings. The molecular weight excluding hydrogens is 464 g/mol. The van der Waals surface area contributed by atoms with Gasteiger partial charge in [-0.3, -0.25) is 4.48 Å². The number of para-hydroxylation sites is 1.